The number of nitrogen functional groups attached to an aromatic ring is 1. The highest BCUT2D eigenvalue weighted by molar-refractivity contribution is 6.06. The molecule has 0 aliphatic carbocycles. The lowest BCUT2D eigenvalue weighted by Gasteiger charge is -2.07. The molecule has 0 unspecified atom stereocenters. The first-order chi connectivity index (χ1) is 8.70. The molecule has 0 fully saturated rings. The molecule has 0 saturated heterocycles. The third kappa shape index (κ3) is 2.66. The van der Waals surface area contributed by atoms with Gasteiger partial charge in [-0.15, -0.1) is 0 Å². The SMILES string of the molecule is CCc1cccc(NC(=O)c2ncccc2N)c1. The zero-order valence-corrected chi connectivity index (χ0v) is 10.2. The molecule has 2 aromatic rings. The van der Waals surface area contributed by atoms with Gasteiger partial charge < -0.3 is 11.1 Å². The van der Waals surface area contributed by atoms with Crippen molar-refractivity contribution in [2.75, 3.05) is 11.1 Å². The minimum atomic E-state index is -0.290. The summed E-state index contributed by atoms with van der Waals surface area (Å²) in [5.41, 5.74) is 8.26. The van der Waals surface area contributed by atoms with Gasteiger partial charge in [-0.1, -0.05) is 19.1 Å². The number of carbonyl (C=O) groups excluding carboxylic acids is 1. The molecule has 4 heteroatoms. The Morgan fingerprint density at radius 1 is 1.33 bits per heavy atom. The second kappa shape index (κ2) is 5.31. The fraction of sp³-hybridized carbons (Fsp3) is 0.143. The van der Waals surface area contributed by atoms with Crippen molar-refractivity contribution in [3.63, 3.8) is 0 Å². The fourth-order valence-electron chi connectivity index (χ4n) is 1.67. The quantitative estimate of drug-likeness (QED) is 0.867. The van der Waals surface area contributed by atoms with E-state index in [1.54, 1.807) is 18.3 Å². The molecule has 0 saturated carbocycles. The zero-order chi connectivity index (χ0) is 13.0. The molecule has 0 spiro atoms. The number of anilines is 2. The molecule has 0 aliphatic rings. The van der Waals surface area contributed by atoms with Crippen molar-refractivity contribution in [3.8, 4) is 0 Å². The maximum Gasteiger partial charge on any atom is 0.276 e. The Labute approximate surface area is 106 Å². The summed E-state index contributed by atoms with van der Waals surface area (Å²) in [7, 11) is 0. The van der Waals surface area contributed by atoms with Crippen LogP contribution in [0, 0.1) is 0 Å². The van der Waals surface area contributed by atoms with Crippen LogP contribution in [0.3, 0.4) is 0 Å². The Kier molecular flexibility index (Phi) is 3.57. The summed E-state index contributed by atoms with van der Waals surface area (Å²) in [5.74, 6) is -0.290. The topological polar surface area (TPSA) is 68.0 Å². The number of hydrogen-bond donors (Lipinski definition) is 2. The summed E-state index contributed by atoms with van der Waals surface area (Å²) in [5, 5.41) is 2.79. The van der Waals surface area contributed by atoms with E-state index in [2.05, 4.69) is 17.2 Å². The Bertz CT molecular complexity index is 566. The summed E-state index contributed by atoms with van der Waals surface area (Å²) < 4.78 is 0. The van der Waals surface area contributed by atoms with E-state index in [4.69, 9.17) is 5.73 Å². The Balaban J connectivity index is 2.19. The number of nitrogens with zero attached hydrogens (tertiary/aromatic N) is 1. The summed E-state index contributed by atoms with van der Waals surface area (Å²) in [6, 6.07) is 11.1. The number of pyridine rings is 1. The number of amides is 1. The van der Waals surface area contributed by atoms with Crippen LogP contribution in [0.15, 0.2) is 42.6 Å². The maximum atomic E-state index is 12.0. The van der Waals surface area contributed by atoms with Gasteiger partial charge in [0.25, 0.3) is 5.91 Å². The van der Waals surface area contributed by atoms with Gasteiger partial charge in [0.05, 0.1) is 5.69 Å². The van der Waals surface area contributed by atoms with E-state index in [1.807, 2.05) is 24.3 Å². The normalized spacial score (nSPS) is 10.1. The van der Waals surface area contributed by atoms with E-state index < -0.39 is 0 Å². The molecule has 1 heterocycles. The summed E-state index contributed by atoms with van der Waals surface area (Å²) in [6.07, 6.45) is 2.48. The van der Waals surface area contributed by atoms with Gasteiger partial charge in [-0.05, 0) is 36.2 Å². The molecule has 1 aromatic carbocycles. The Morgan fingerprint density at radius 2 is 2.17 bits per heavy atom. The van der Waals surface area contributed by atoms with E-state index in [1.165, 1.54) is 5.56 Å². The first kappa shape index (κ1) is 12.1. The van der Waals surface area contributed by atoms with Crippen LogP contribution in [0.4, 0.5) is 11.4 Å². The van der Waals surface area contributed by atoms with Crippen molar-refractivity contribution >= 4 is 17.3 Å². The summed E-state index contributed by atoms with van der Waals surface area (Å²) in [6.45, 7) is 2.07. The van der Waals surface area contributed by atoms with Gasteiger partial charge in [0.2, 0.25) is 0 Å². The van der Waals surface area contributed by atoms with E-state index in [-0.39, 0.29) is 11.6 Å². The van der Waals surface area contributed by atoms with Crippen molar-refractivity contribution in [1.29, 1.82) is 0 Å². The van der Waals surface area contributed by atoms with Gasteiger partial charge in [-0.2, -0.15) is 0 Å². The molecule has 0 atom stereocenters. The molecule has 3 N–H and O–H groups in total. The average molecular weight is 241 g/mol. The van der Waals surface area contributed by atoms with E-state index in [0.717, 1.165) is 12.1 Å². The molecular formula is C14H15N3O. The number of benzene rings is 1. The minimum Gasteiger partial charge on any atom is -0.397 e. The van der Waals surface area contributed by atoms with Gasteiger partial charge in [0, 0.05) is 11.9 Å². The van der Waals surface area contributed by atoms with Crippen LogP contribution < -0.4 is 11.1 Å². The third-order valence-electron chi connectivity index (χ3n) is 2.65. The van der Waals surface area contributed by atoms with Crippen molar-refractivity contribution in [2.45, 2.75) is 13.3 Å². The highest BCUT2D eigenvalue weighted by Gasteiger charge is 2.10. The predicted molar refractivity (Wildman–Crippen MR) is 72.4 cm³/mol. The van der Waals surface area contributed by atoms with Gasteiger partial charge in [0.1, 0.15) is 0 Å². The van der Waals surface area contributed by atoms with Gasteiger partial charge >= 0.3 is 0 Å². The van der Waals surface area contributed by atoms with E-state index >= 15 is 0 Å². The zero-order valence-electron chi connectivity index (χ0n) is 10.2. The second-order valence-electron chi connectivity index (χ2n) is 3.95. The monoisotopic (exact) mass is 241 g/mol. The van der Waals surface area contributed by atoms with Crippen LogP contribution in [0.25, 0.3) is 0 Å². The van der Waals surface area contributed by atoms with Gasteiger partial charge in [-0.25, -0.2) is 4.98 Å². The molecule has 0 bridgehead atoms. The molecule has 4 nitrogen and oxygen atoms in total. The highest BCUT2D eigenvalue weighted by atomic mass is 16.1. The van der Waals surface area contributed by atoms with Gasteiger partial charge in [0.15, 0.2) is 5.69 Å². The second-order valence-corrected chi connectivity index (χ2v) is 3.95. The largest absolute Gasteiger partial charge is 0.397 e. The van der Waals surface area contributed by atoms with Crippen LogP contribution in [0.1, 0.15) is 23.0 Å². The molecule has 1 amide bonds. The first-order valence-electron chi connectivity index (χ1n) is 5.81. The third-order valence-corrected chi connectivity index (χ3v) is 2.65. The number of hydrogen-bond acceptors (Lipinski definition) is 3. The number of nitrogens with two attached hydrogens (primary N) is 1. The number of nitrogens with one attached hydrogen (secondary N) is 1. The fourth-order valence-corrected chi connectivity index (χ4v) is 1.67. The first-order valence-corrected chi connectivity index (χ1v) is 5.81. The lowest BCUT2D eigenvalue weighted by Crippen LogP contribution is -2.15. The molecule has 1 aromatic heterocycles. The van der Waals surface area contributed by atoms with E-state index in [0.29, 0.717) is 5.69 Å². The van der Waals surface area contributed by atoms with Gasteiger partial charge in [-0.3, -0.25) is 4.79 Å². The number of rotatable bonds is 3. The minimum absolute atomic E-state index is 0.249. The van der Waals surface area contributed by atoms with Crippen LogP contribution >= 0.6 is 0 Å². The van der Waals surface area contributed by atoms with Crippen molar-refractivity contribution in [3.05, 3.63) is 53.9 Å². The van der Waals surface area contributed by atoms with Crippen molar-refractivity contribution < 1.29 is 4.79 Å². The molecular weight excluding hydrogens is 226 g/mol. The Hall–Kier alpha value is -2.36. The average Bonchev–Trinajstić information content (AvgIpc) is 2.39. The summed E-state index contributed by atoms with van der Waals surface area (Å²) in [4.78, 5) is 16.0. The smallest absolute Gasteiger partial charge is 0.276 e. The number of carbonyl (C=O) groups is 1. The van der Waals surface area contributed by atoms with E-state index in [9.17, 15) is 4.79 Å². The maximum absolute atomic E-state index is 12.0. The number of aryl methyl sites for hydroxylation is 1. The predicted octanol–water partition coefficient (Wildman–Crippen LogP) is 2.48. The molecule has 0 aliphatic heterocycles. The van der Waals surface area contributed by atoms with Crippen molar-refractivity contribution in [2.24, 2.45) is 0 Å². The lowest BCUT2D eigenvalue weighted by atomic mass is 10.1. The van der Waals surface area contributed by atoms with Crippen LogP contribution in [-0.4, -0.2) is 10.9 Å². The molecule has 18 heavy (non-hydrogen) atoms. The molecule has 2 rings (SSSR count). The number of aromatic nitrogens is 1. The Morgan fingerprint density at radius 3 is 2.89 bits per heavy atom. The highest BCUT2D eigenvalue weighted by Crippen LogP contribution is 2.14. The van der Waals surface area contributed by atoms with Crippen LogP contribution in [0.5, 0.6) is 0 Å². The van der Waals surface area contributed by atoms with Crippen LogP contribution in [-0.2, 0) is 6.42 Å². The lowest BCUT2D eigenvalue weighted by molar-refractivity contribution is 0.102. The van der Waals surface area contributed by atoms with Crippen LogP contribution in [0.2, 0.25) is 0 Å². The van der Waals surface area contributed by atoms with Crippen molar-refractivity contribution in [1.82, 2.24) is 4.98 Å². The summed E-state index contributed by atoms with van der Waals surface area (Å²) >= 11 is 0. The molecule has 92 valence electrons. The standard InChI is InChI=1S/C14H15N3O/c1-2-10-5-3-6-11(9-10)17-14(18)13-12(15)7-4-8-16-13/h3-9H,2,15H2,1H3,(H,17,18). The molecule has 0 radical (unpaired) electrons.